The zero-order valence-electron chi connectivity index (χ0n) is 10.4. The van der Waals surface area contributed by atoms with Gasteiger partial charge in [-0.1, -0.05) is 23.2 Å². The molecule has 2 rings (SSSR count). The van der Waals surface area contributed by atoms with Crippen LogP contribution in [-0.4, -0.2) is 9.97 Å². The number of nitrogens with zero attached hydrogens (tertiary/aromatic N) is 2. The average Bonchev–Trinajstić information content (AvgIpc) is 2.40. The molecule has 1 atom stereocenters. The third-order valence-electron chi connectivity index (χ3n) is 2.74. The third-order valence-corrected chi connectivity index (χ3v) is 4.51. The molecule has 1 aromatic heterocycles. The molecule has 100 valence electrons. The van der Waals surface area contributed by atoms with Gasteiger partial charge in [0.05, 0.1) is 33.2 Å². The number of nitrogens with one attached hydrogen (secondary N) is 1. The van der Waals surface area contributed by atoms with E-state index in [1.165, 1.54) is 0 Å². The van der Waals surface area contributed by atoms with Crippen molar-refractivity contribution < 1.29 is 0 Å². The van der Waals surface area contributed by atoms with Crippen LogP contribution in [0.15, 0.2) is 29.0 Å². The Hall–Kier alpha value is -0.840. The molecule has 0 aliphatic heterocycles. The van der Waals surface area contributed by atoms with Gasteiger partial charge >= 0.3 is 0 Å². The molecule has 0 aliphatic rings. The molecular weight excluding hydrogens is 349 g/mol. The standard InChI is InChI=1S/C13H12BrCl2N3/c1-7-13(18-6-5-17-7)8(2)19-10-4-3-9(14)11(15)12(10)16/h3-6,8,19H,1-2H3. The molecule has 2 aromatic rings. The van der Waals surface area contributed by atoms with Crippen molar-refractivity contribution in [1.29, 1.82) is 0 Å². The van der Waals surface area contributed by atoms with Crippen LogP contribution < -0.4 is 5.32 Å². The zero-order chi connectivity index (χ0) is 14.0. The summed E-state index contributed by atoms with van der Waals surface area (Å²) in [6.45, 7) is 3.93. The van der Waals surface area contributed by atoms with Gasteiger partial charge in [-0.25, -0.2) is 0 Å². The molecule has 1 heterocycles. The van der Waals surface area contributed by atoms with Crippen LogP contribution in [0.4, 0.5) is 5.69 Å². The van der Waals surface area contributed by atoms with Crippen LogP contribution in [0.2, 0.25) is 10.0 Å². The van der Waals surface area contributed by atoms with E-state index in [-0.39, 0.29) is 6.04 Å². The lowest BCUT2D eigenvalue weighted by Gasteiger charge is -2.17. The molecule has 0 saturated carbocycles. The van der Waals surface area contributed by atoms with Crippen LogP contribution in [0, 0.1) is 6.92 Å². The van der Waals surface area contributed by atoms with E-state index in [9.17, 15) is 0 Å². The minimum atomic E-state index is -0.0107. The summed E-state index contributed by atoms with van der Waals surface area (Å²) in [6.07, 6.45) is 3.35. The predicted molar refractivity (Wildman–Crippen MR) is 83.0 cm³/mol. The molecule has 1 unspecified atom stereocenters. The summed E-state index contributed by atoms with van der Waals surface area (Å²) >= 11 is 15.6. The second kappa shape index (κ2) is 6.07. The van der Waals surface area contributed by atoms with E-state index in [1.807, 2.05) is 26.0 Å². The summed E-state index contributed by atoms with van der Waals surface area (Å²) in [6, 6.07) is 3.72. The van der Waals surface area contributed by atoms with Crippen molar-refractivity contribution in [3.63, 3.8) is 0 Å². The van der Waals surface area contributed by atoms with Crippen molar-refractivity contribution in [3.05, 3.63) is 50.4 Å². The minimum Gasteiger partial charge on any atom is -0.376 e. The summed E-state index contributed by atoms with van der Waals surface area (Å²) < 4.78 is 0.771. The summed E-state index contributed by atoms with van der Waals surface area (Å²) in [4.78, 5) is 8.56. The molecule has 0 radical (unpaired) electrons. The number of rotatable bonds is 3. The first-order valence-corrected chi connectivity index (χ1v) is 7.23. The van der Waals surface area contributed by atoms with Gasteiger partial charge in [-0.05, 0) is 41.9 Å². The van der Waals surface area contributed by atoms with E-state index < -0.39 is 0 Å². The lowest BCUT2D eigenvalue weighted by molar-refractivity contribution is 0.810. The highest BCUT2D eigenvalue weighted by Crippen LogP contribution is 2.37. The molecule has 0 amide bonds. The number of halogens is 3. The normalized spacial score (nSPS) is 12.3. The fourth-order valence-electron chi connectivity index (χ4n) is 1.78. The summed E-state index contributed by atoms with van der Waals surface area (Å²) in [5, 5.41) is 4.28. The molecule has 3 nitrogen and oxygen atoms in total. The topological polar surface area (TPSA) is 37.8 Å². The number of hydrogen-bond acceptors (Lipinski definition) is 3. The smallest absolute Gasteiger partial charge is 0.0835 e. The molecule has 1 N–H and O–H groups in total. The van der Waals surface area contributed by atoms with Gasteiger partial charge in [0.15, 0.2) is 0 Å². The molecule has 0 saturated heterocycles. The van der Waals surface area contributed by atoms with Crippen LogP contribution in [0.25, 0.3) is 0 Å². The van der Waals surface area contributed by atoms with Gasteiger partial charge in [-0.15, -0.1) is 0 Å². The van der Waals surface area contributed by atoms with Crippen molar-refractivity contribution in [1.82, 2.24) is 9.97 Å². The summed E-state index contributed by atoms with van der Waals surface area (Å²) in [7, 11) is 0. The molecule has 0 bridgehead atoms. The van der Waals surface area contributed by atoms with Gasteiger partial charge < -0.3 is 5.32 Å². The van der Waals surface area contributed by atoms with Crippen LogP contribution in [-0.2, 0) is 0 Å². The maximum absolute atomic E-state index is 6.21. The average molecular weight is 361 g/mol. The van der Waals surface area contributed by atoms with Crippen molar-refractivity contribution in [2.45, 2.75) is 19.9 Å². The first kappa shape index (κ1) is 14.6. The molecular formula is C13H12BrCl2N3. The maximum atomic E-state index is 6.21. The Labute approximate surface area is 130 Å². The number of anilines is 1. The third kappa shape index (κ3) is 3.19. The first-order valence-electron chi connectivity index (χ1n) is 5.68. The van der Waals surface area contributed by atoms with Gasteiger partial charge in [0, 0.05) is 16.9 Å². The molecule has 0 fully saturated rings. The summed E-state index contributed by atoms with van der Waals surface area (Å²) in [5.74, 6) is 0. The fraction of sp³-hybridized carbons (Fsp3) is 0.231. The van der Waals surface area contributed by atoms with E-state index in [1.54, 1.807) is 12.4 Å². The van der Waals surface area contributed by atoms with E-state index in [0.29, 0.717) is 10.0 Å². The number of benzene rings is 1. The monoisotopic (exact) mass is 359 g/mol. The number of aryl methyl sites for hydroxylation is 1. The van der Waals surface area contributed by atoms with Crippen molar-refractivity contribution in [2.75, 3.05) is 5.32 Å². The van der Waals surface area contributed by atoms with Crippen LogP contribution in [0.5, 0.6) is 0 Å². The van der Waals surface area contributed by atoms with Crippen LogP contribution in [0.3, 0.4) is 0 Å². The predicted octanol–water partition coefficient (Wildman–Crippen LogP) is 5.03. The fourth-order valence-corrected chi connectivity index (χ4v) is 2.61. The molecule has 6 heteroatoms. The molecule has 1 aromatic carbocycles. The van der Waals surface area contributed by atoms with Gasteiger partial charge in [-0.2, -0.15) is 0 Å². The van der Waals surface area contributed by atoms with E-state index in [0.717, 1.165) is 21.5 Å². The Morgan fingerprint density at radius 2 is 1.84 bits per heavy atom. The highest BCUT2D eigenvalue weighted by atomic mass is 79.9. The van der Waals surface area contributed by atoms with Crippen molar-refractivity contribution in [3.8, 4) is 0 Å². The van der Waals surface area contributed by atoms with Gasteiger partial charge in [0.2, 0.25) is 0 Å². The van der Waals surface area contributed by atoms with E-state index in [2.05, 4.69) is 31.2 Å². The molecule has 19 heavy (non-hydrogen) atoms. The SMILES string of the molecule is Cc1nccnc1C(C)Nc1ccc(Br)c(Cl)c1Cl. The number of hydrogen-bond donors (Lipinski definition) is 1. The first-order chi connectivity index (χ1) is 9.00. The number of aromatic nitrogens is 2. The summed E-state index contributed by atoms with van der Waals surface area (Å²) in [5.41, 5.74) is 2.55. The lowest BCUT2D eigenvalue weighted by Crippen LogP contribution is -2.11. The van der Waals surface area contributed by atoms with Gasteiger partial charge in [0.1, 0.15) is 0 Å². The van der Waals surface area contributed by atoms with Crippen molar-refractivity contribution >= 4 is 44.8 Å². The molecule has 0 aliphatic carbocycles. The van der Waals surface area contributed by atoms with Crippen molar-refractivity contribution in [2.24, 2.45) is 0 Å². The Bertz CT molecular complexity index is 604. The highest BCUT2D eigenvalue weighted by Gasteiger charge is 2.14. The highest BCUT2D eigenvalue weighted by molar-refractivity contribution is 9.10. The molecule has 0 spiro atoms. The second-order valence-electron chi connectivity index (χ2n) is 4.12. The Morgan fingerprint density at radius 3 is 2.53 bits per heavy atom. The van der Waals surface area contributed by atoms with E-state index >= 15 is 0 Å². The zero-order valence-corrected chi connectivity index (χ0v) is 13.5. The van der Waals surface area contributed by atoms with Gasteiger partial charge in [-0.3, -0.25) is 9.97 Å². The quantitative estimate of drug-likeness (QED) is 0.780. The lowest BCUT2D eigenvalue weighted by atomic mass is 10.1. The van der Waals surface area contributed by atoms with E-state index in [4.69, 9.17) is 23.2 Å². The Balaban J connectivity index is 2.27. The minimum absolute atomic E-state index is 0.0107. The Kier molecular flexibility index (Phi) is 4.66. The second-order valence-corrected chi connectivity index (χ2v) is 5.73. The largest absolute Gasteiger partial charge is 0.376 e. The van der Waals surface area contributed by atoms with Crippen LogP contribution in [0.1, 0.15) is 24.4 Å². The van der Waals surface area contributed by atoms with Crippen LogP contribution >= 0.6 is 39.1 Å². The Morgan fingerprint density at radius 1 is 1.16 bits per heavy atom. The van der Waals surface area contributed by atoms with Gasteiger partial charge in [0.25, 0.3) is 0 Å². The maximum Gasteiger partial charge on any atom is 0.0835 e.